The number of methoxy groups -OCH3 is 1. The van der Waals surface area contributed by atoms with Crippen molar-refractivity contribution < 1.29 is 185 Å². The number of hydrogen-bond donors (Lipinski definition) is 4. The predicted octanol–water partition coefficient (Wildman–Crippen LogP) is -6.81. The number of anilines is 2. The van der Waals surface area contributed by atoms with Crippen molar-refractivity contribution >= 4 is 108 Å². The number of aryl methyl sites for hydroxylation is 1. The topological polar surface area (TPSA) is 405 Å². The monoisotopic (exact) mass is 1000 g/mol. The molecule has 23 nitrogen and oxygen atoms in total. The van der Waals surface area contributed by atoms with Crippen molar-refractivity contribution in [3.8, 4) is 17.2 Å². The Morgan fingerprint density at radius 3 is 1.71 bits per heavy atom. The van der Waals surface area contributed by atoms with Gasteiger partial charge in [0.05, 0.1) is 51.0 Å². The summed E-state index contributed by atoms with van der Waals surface area (Å²) < 4.78 is 143. The summed E-state index contributed by atoms with van der Waals surface area (Å²) in [6.45, 7) is 1.46. The molecule has 6 aromatic carbocycles. The zero-order valence-electron chi connectivity index (χ0n) is 34.6. The molecule has 0 aromatic heterocycles. The van der Waals surface area contributed by atoms with Crippen LogP contribution in [-0.4, -0.2) is 59.0 Å². The van der Waals surface area contributed by atoms with Gasteiger partial charge in [0.15, 0.2) is 0 Å². The summed E-state index contributed by atoms with van der Waals surface area (Å²) in [5.74, 6) is -2.25. The third-order valence-electron chi connectivity index (χ3n) is 8.58. The van der Waals surface area contributed by atoms with E-state index in [0.717, 1.165) is 30.3 Å². The minimum atomic E-state index is -5.21. The van der Waals surface area contributed by atoms with Gasteiger partial charge in [0.1, 0.15) is 47.2 Å². The predicted molar refractivity (Wildman–Crippen MR) is 208 cm³/mol. The molecule has 0 saturated heterocycles. The fraction of sp³-hybridized carbons (Fsp3) is 0.0588. The molecule has 318 valence electrons. The third-order valence-corrected chi connectivity index (χ3v) is 12.0. The molecule has 0 bridgehead atoms. The summed E-state index contributed by atoms with van der Waals surface area (Å²) in [7, 11) is -19.1. The quantitative estimate of drug-likeness (QED) is 0.0406. The molecule has 0 spiro atoms. The SMILES string of the molecule is COc1cc(N=Nc2cc(S(=O)(=O)[O-])cc3cc(S(=O)(=O)[O-])cc([O-])c23)c(C)cc1N=Nc1c(S(=O)(=O)O)cc2ccc(N=Nc3c(N)ccc(S(=O)(=O)O)c3N)cc2c1[O-].[Na+].[Na+].[Na+].[Na+]. The number of rotatable bonds is 11. The van der Waals surface area contributed by atoms with Gasteiger partial charge in [0, 0.05) is 11.5 Å². The maximum atomic E-state index is 13.8. The molecule has 0 heterocycles. The first-order chi connectivity index (χ1) is 28.3. The Morgan fingerprint density at radius 1 is 0.585 bits per heavy atom. The van der Waals surface area contributed by atoms with Gasteiger partial charge in [-0.3, -0.25) is 9.11 Å². The van der Waals surface area contributed by atoms with Gasteiger partial charge >= 0.3 is 118 Å². The van der Waals surface area contributed by atoms with E-state index in [-0.39, 0.29) is 174 Å². The van der Waals surface area contributed by atoms with E-state index in [4.69, 9.17) is 16.2 Å². The molecule has 0 aliphatic carbocycles. The summed E-state index contributed by atoms with van der Waals surface area (Å²) >= 11 is 0. The number of nitrogens with zero attached hydrogens (tertiary/aromatic N) is 6. The summed E-state index contributed by atoms with van der Waals surface area (Å²) in [5, 5.41) is 49.2. The van der Waals surface area contributed by atoms with E-state index in [1.54, 1.807) is 0 Å². The van der Waals surface area contributed by atoms with Gasteiger partial charge in [-0.1, -0.05) is 23.6 Å². The number of ether oxygens (including phenoxy) is 1. The van der Waals surface area contributed by atoms with Crippen molar-refractivity contribution in [3.63, 3.8) is 0 Å². The van der Waals surface area contributed by atoms with Crippen LogP contribution in [0.1, 0.15) is 5.56 Å². The summed E-state index contributed by atoms with van der Waals surface area (Å²) in [6.07, 6.45) is 0. The molecular weight excluding hydrogens is 981 g/mol. The van der Waals surface area contributed by atoms with E-state index < -0.39 is 94.0 Å². The minimum absolute atomic E-state index is 0. The van der Waals surface area contributed by atoms with Gasteiger partial charge < -0.3 is 35.5 Å². The molecule has 6 rings (SSSR count). The smallest absolute Gasteiger partial charge is 0.872 e. The molecule has 6 N–H and O–H groups in total. The van der Waals surface area contributed by atoms with Crippen LogP contribution in [0.2, 0.25) is 0 Å². The van der Waals surface area contributed by atoms with Crippen molar-refractivity contribution in [2.75, 3.05) is 18.6 Å². The molecule has 0 fully saturated rings. The van der Waals surface area contributed by atoms with Crippen LogP contribution < -0.4 is 145 Å². The fourth-order valence-corrected chi connectivity index (χ4v) is 8.03. The van der Waals surface area contributed by atoms with Gasteiger partial charge in [-0.2, -0.15) is 27.1 Å². The summed E-state index contributed by atoms with van der Waals surface area (Å²) in [5.41, 5.74) is 9.40. The average Bonchev–Trinajstić information content (AvgIpc) is 3.15. The van der Waals surface area contributed by atoms with Crippen LogP contribution in [0.5, 0.6) is 17.2 Å². The van der Waals surface area contributed by atoms with Crippen LogP contribution in [-0.2, 0) is 40.5 Å². The van der Waals surface area contributed by atoms with Gasteiger partial charge in [0.2, 0.25) is 0 Å². The van der Waals surface area contributed by atoms with Crippen LogP contribution in [0, 0.1) is 6.92 Å². The molecule has 0 amide bonds. The Hall–Kier alpha value is -2.72. The van der Waals surface area contributed by atoms with Crippen molar-refractivity contribution in [3.05, 3.63) is 78.4 Å². The normalized spacial score (nSPS) is 12.2. The standard InChI is InChI=1S/C34H28N8O15S4.4Na/c1-15-7-24(27(57-2)14-23(15)38-40-25-12-19(58(45,46)47)8-17-9-20(59(48,49)50)13-26(43)30(17)25)39-42-33-29(61(54,55)56)10-16-3-4-18(11-21(16)34(33)44)37-41-32-22(35)5-6-28(31(32)36)60(51,52)53;;;;/h3-14,43-44H,35-36H2,1-2H3,(H,45,46,47)(H,48,49,50)(H,51,52,53)(H,54,55,56);;;;/q;4*+1/p-4. The summed E-state index contributed by atoms with van der Waals surface area (Å²) in [4.78, 5) is -3.53. The first kappa shape index (κ1) is 58.4. The maximum absolute atomic E-state index is 13.8. The van der Waals surface area contributed by atoms with Crippen LogP contribution in [0.4, 0.5) is 45.5 Å². The van der Waals surface area contributed by atoms with Crippen LogP contribution in [0.3, 0.4) is 0 Å². The number of hydrogen-bond acceptors (Lipinski definition) is 21. The molecular formula is C34H24N8Na4O15S4. The van der Waals surface area contributed by atoms with Crippen LogP contribution in [0.15, 0.2) is 123 Å². The van der Waals surface area contributed by atoms with Gasteiger partial charge in [-0.25, -0.2) is 16.8 Å². The fourth-order valence-electron chi connectivity index (χ4n) is 5.71. The molecule has 0 unspecified atom stereocenters. The second-order valence-electron chi connectivity index (χ2n) is 12.6. The van der Waals surface area contributed by atoms with Gasteiger partial charge in [-0.05, 0) is 83.2 Å². The van der Waals surface area contributed by atoms with E-state index in [0.29, 0.717) is 18.2 Å². The number of azo groups is 3. The second kappa shape index (κ2) is 22.1. The van der Waals surface area contributed by atoms with Crippen molar-refractivity contribution in [1.82, 2.24) is 0 Å². The van der Waals surface area contributed by atoms with Crippen molar-refractivity contribution in [1.29, 1.82) is 0 Å². The average molecular weight is 1000 g/mol. The maximum Gasteiger partial charge on any atom is 1.00 e. The Kier molecular flexibility index (Phi) is 19.9. The third kappa shape index (κ3) is 13.1. The zero-order chi connectivity index (χ0) is 45.0. The van der Waals surface area contributed by atoms with Crippen molar-refractivity contribution in [2.24, 2.45) is 30.7 Å². The minimum Gasteiger partial charge on any atom is -0.872 e. The van der Waals surface area contributed by atoms with Gasteiger partial charge in [-0.15, -0.1) is 20.5 Å². The number of nitrogen functional groups attached to an aromatic ring is 2. The van der Waals surface area contributed by atoms with E-state index in [2.05, 4.69) is 30.7 Å². The van der Waals surface area contributed by atoms with Crippen LogP contribution in [0.25, 0.3) is 21.5 Å². The van der Waals surface area contributed by atoms with E-state index in [1.807, 2.05) is 0 Å². The van der Waals surface area contributed by atoms with E-state index in [1.165, 1.54) is 38.3 Å². The Bertz CT molecular complexity index is 3430. The molecule has 31 heteroatoms. The van der Waals surface area contributed by atoms with Crippen molar-refractivity contribution in [2.45, 2.75) is 26.5 Å². The number of benzene rings is 6. The zero-order valence-corrected chi connectivity index (χ0v) is 45.9. The Morgan fingerprint density at radius 2 is 1.14 bits per heavy atom. The molecule has 65 heavy (non-hydrogen) atoms. The first-order valence-corrected chi connectivity index (χ1v) is 22.0. The molecule has 0 atom stereocenters. The molecule has 6 aromatic rings. The molecule has 0 aliphatic heterocycles. The summed E-state index contributed by atoms with van der Waals surface area (Å²) in [6, 6.07) is 11.8. The largest absolute Gasteiger partial charge is 1.00 e. The van der Waals surface area contributed by atoms with E-state index in [9.17, 15) is 62.1 Å². The molecule has 0 radical (unpaired) electrons. The second-order valence-corrected chi connectivity index (χ2v) is 18.1. The molecule has 0 aliphatic rings. The van der Waals surface area contributed by atoms with E-state index >= 15 is 0 Å². The van der Waals surface area contributed by atoms with Crippen LogP contribution >= 0.6 is 0 Å². The molecule has 0 saturated carbocycles. The number of nitrogens with two attached hydrogens (primary N) is 2. The Labute approximate surface area is 458 Å². The first-order valence-electron chi connectivity index (χ1n) is 16.3. The Balaban J connectivity index is 0.00000363. The number of fused-ring (bicyclic) bond motifs is 2. The van der Waals surface area contributed by atoms with Gasteiger partial charge in [0.25, 0.3) is 20.2 Å².